The van der Waals surface area contributed by atoms with Crippen molar-refractivity contribution in [2.75, 3.05) is 6.54 Å². The number of amides is 1. The number of carbonyl (C=O) groups is 1. The predicted octanol–water partition coefficient (Wildman–Crippen LogP) is 3.42. The van der Waals surface area contributed by atoms with E-state index in [2.05, 4.69) is 22.2 Å². The quantitative estimate of drug-likeness (QED) is 0.717. The van der Waals surface area contributed by atoms with Crippen molar-refractivity contribution in [1.29, 1.82) is 0 Å². The number of benzene rings is 1. The molecule has 4 rings (SSSR count). The van der Waals surface area contributed by atoms with E-state index in [1.807, 2.05) is 46.2 Å². The zero-order valence-electron chi connectivity index (χ0n) is 15.9. The van der Waals surface area contributed by atoms with Crippen LogP contribution < -0.4 is 0 Å². The molecule has 1 N–H and O–H groups in total. The smallest absolute Gasteiger partial charge is 0.273 e. The van der Waals surface area contributed by atoms with Gasteiger partial charge in [0.05, 0.1) is 29.0 Å². The fourth-order valence-electron chi connectivity index (χ4n) is 3.45. The summed E-state index contributed by atoms with van der Waals surface area (Å²) in [6.07, 6.45) is 1.65. The molecule has 1 atom stereocenters. The summed E-state index contributed by atoms with van der Waals surface area (Å²) in [4.78, 5) is 19.4. The second kappa shape index (κ2) is 8.24. The third-order valence-electron chi connectivity index (χ3n) is 5.02. The van der Waals surface area contributed by atoms with E-state index >= 15 is 0 Å². The number of rotatable bonds is 5. The lowest BCUT2D eigenvalue weighted by Crippen LogP contribution is -2.31. The van der Waals surface area contributed by atoms with Crippen LogP contribution in [0.4, 0.5) is 0 Å². The van der Waals surface area contributed by atoms with Gasteiger partial charge in [-0.1, -0.05) is 37.3 Å². The van der Waals surface area contributed by atoms with Gasteiger partial charge >= 0.3 is 0 Å². The number of nitrogens with zero attached hydrogens (tertiary/aromatic N) is 4. The van der Waals surface area contributed by atoms with E-state index in [4.69, 9.17) is 0 Å². The maximum absolute atomic E-state index is 13.0. The van der Waals surface area contributed by atoms with Crippen LogP contribution in [0.25, 0.3) is 0 Å². The van der Waals surface area contributed by atoms with Gasteiger partial charge in [0.2, 0.25) is 0 Å². The minimum Gasteiger partial charge on any atom is -0.387 e. The molecule has 1 aliphatic heterocycles. The maximum Gasteiger partial charge on any atom is 0.273 e. The van der Waals surface area contributed by atoms with Crippen LogP contribution in [0.1, 0.15) is 58.3 Å². The number of aliphatic hydroxyl groups excluding tert-OH is 1. The number of aryl methyl sites for hydroxylation is 1. The summed E-state index contributed by atoms with van der Waals surface area (Å²) in [5.74, 6) is -0.0391. The van der Waals surface area contributed by atoms with Crippen LogP contribution >= 0.6 is 11.3 Å². The Kier molecular flexibility index (Phi) is 5.54. The lowest BCUT2D eigenvalue weighted by Gasteiger charge is -2.18. The van der Waals surface area contributed by atoms with Crippen LogP contribution in [-0.2, 0) is 19.5 Å². The first-order valence-corrected chi connectivity index (χ1v) is 10.5. The molecule has 0 aliphatic carbocycles. The van der Waals surface area contributed by atoms with Crippen molar-refractivity contribution in [2.24, 2.45) is 0 Å². The molecule has 0 saturated carbocycles. The average molecular weight is 397 g/mol. The number of aliphatic hydroxyl groups is 1. The Morgan fingerprint density at radius 2 is 2.11 bits per heavy atom. The van der Waals surface area contributed by atoms with Crippen LogP contribution in [-0.4, -0.2) is 37.2 Å². The van der Waals surface area contributed by atoms with E-state index in [-0.39, 0.29) is 5.91 Å². The first-order chi connectivity index (χ1) is 13.6. The van der Waals surface area contributed by atoms with Crippen LogP contribution in [0.3, 0.4) is 0 Å². The summed E-state index contributed by atoms with van der Waals surface area (Å²) < 4.78 is 1.92. The molecule has 1 aliphatic rings. The molecule has 0 radical (unpaired) electrons. The Morgan fingerprint density at radius 1 is 1.29 bits per heavy atom. The Labute approximate surface area is 168 Å². The third-order valence-corrected chi connectivity index (χ3v) is 5.87. The molecular formula is C21H24N4O2S. The molecule has 0 fully saturated rings. The lowest BCUT2D eigenvalue weighted by molar-refractivity contribution is 0.0740. The Bertz CT molecular complexity index is 950. The highest BCUT2D eigenvalue weighted by Gasteiger charge is 2.24. The third kappa shape index (κ3) is 4.00. The summed E-state index contributed by atoms with van der Waals surface area (Å²) in [6.45, 7) is 3.86. The first-order valence-electron chi connectivity index (χ1n) is 9.66. The molecule has 28 heavy (non-hydrogen) atoms. The van der Waals surface area contributed by atoms with Gasteiger partial charge in [-0.3, -0.25) is 9.48 Å². The number of thiazole rings is 1. The number of hydrogen-bond acceptors (Lipinski definition) is 5. The monoisotopic (exact) mass is 396 g/mol. The highest BCUT2D eigenvalue weighted by atomic mass is 32.1. The van der Waals surface area contributed by atoms with Crippen LogP contribution in [0.5, 0.6) is 0 Å². The van der Waals surface area contributed by atoms with Crippen molar-refractivity contribution in [3.63, 3.8) is 0 Å². The molecule has 3 aromatic rings. The minimum atomic E-state index is -0.553. The fourth-order valence-corrected chi connectivity index (χ4v) is 4.25. The lowest BCUT2D eigenvalue weighted by atomic mass is 10.2. The maximum atomic E-state index is 13.0. The van der Waals surface area contributed by atoms with Gasteiger partial charge in [-0.25, -0.2) is 4.98 Å². The largest absolute Gasteiger partial charge is 0.387 e. The normalized spacial score (nSPS) is 15.1. The molecule has 3 heterocycles. The van der Waals surface area contributed by atoms with Gasteiger partial charge in [-0.15, -0.1) is 11.3 Å². The van der Waals surface area contributed by atoms with E-state index < -0.39 is 6.10 Å². The van der Waals surface area contributed by atoms with Gasteiger partial charge in [0.15, 0.2) is 0 Å². The van der Waals surface area contributed by atoms with Gasteiger partial charge in [0.1, 0.15) is 5.69 Å². The highest BCUT2D eigenvalue weighted by molar-refractivity contribution is 7.09. The molecule has 0 saturated heterocycles. The number of carbonyl (C=O) groups excluding carboxylic acids is 1. The van der Waals surface area contributed by atoms with Crippen LogP contribution in [0.2, 0.25) is 0 Å². The van der Waals surface area contributed by atoms with Crippen molar-refractivity contribution < 1.29 is 9.90 Å². The second-order valence-corrected chi connectivity index (χ2v) is 8.02. The summed E-state index contributed by atoms with van der Waals surface area (Å²) in [6, 6.07) is 12.1. The number of aromatic nitrogens is 3. The highest BCUT2D eigenvalue weighted by Crippen LogP contribution is 2.22. The summed E-state index contributed by atoms with van der Waals surface area (Å²) in [5.41, 5.74) is 3.35. The average Bonchev–Trinajstić information content (AvgIpc) is 3.29. The Balaban J connectivity index is 1.48. The second-order valence-electron chi connectivity index (χ2n) is 7.08. The van der Waals surface area contributed by atoms with Gasteiger partial charge in [0, 0.05) is 24.9 Å². The van der Waals surface area contributed by atoms with E-state index in [1.54, 1.807) is 0 Å². The van der Waals surface area contributed by atoms with E-state index in [0.717, 1.165) is 30.1 Å². The summed E-state index contributed by atoms with van der Waals surface area (Å²) in [5, 5.41) is 17.4. The molecule has 0 unspecified atom stereocenters. The van der Waals surface area contributed by atoms with E-state index in [9.17, 15) is 9.90 Å². The van der Waals surface area contributed by atoms with E-state index in [0.29, 0.717) is 30.9 Å². The van der Waals surface area contributed by atoms with Crippen LogP contribution in [0.15, 0.2) is 41.8 Å². The molecular weight excluding hydrogens is 372 g/mol. The van der Waals surface area contributed by atoms with Crippen molar-refractivity contribution in [3.05, 3.63) is 69.4 Å². The van der Waals surface area contributed by atoms with Crippen molar-refractivity contribution >= 4 is 17.2 Å². The van der Waals surface area contributed by atoms with Gasteiger partial charge < -0.3 is 10.0 Å². The molecule has 7 heteroatoms. The van der Waals surface area contributed by atoms with E-state index in [1.165, 1.54) is 16.9 Å². The molecule has 0 bridgehead atoms. The molecule has 1 aromatic carbocycles. The molecule has 2 aromatic heterocycles. The predicted molar refractivity (Wildman–Crippen MR) is 108 cm³/mol. The Hall–Kier alpha value is -2.51. The first kappa shape index (κ1) is 18.8. The van der Waals surface area contributed by atoms with Crippen molar-refractivity contribution in [2.45, 2.75) is 45.4 Å². The topological polar surface area (TPSA) is 71.2 Å². The zero-order chi connectivity index (χ0) is 19.5. The van der Waals surface area contributed by atoms with Crippen molar-refractivity contribution in [3.8, 4) is 0 Å². The summed E-state index contributed by atoms with van der Waals surface area (Å²) in [7, 11) is 0. The standard InChI is InChI=1S/C21H24N4O2S/c1-2-19(26)17-12-16-13-24(9-6-10-25(16)23-17)21(27)18-14-28-20(22-18)11-15-7-4-3-5-8-15/h3-5,7-8,12,14,19,26H,2,6,9-11,13H2,1H3/t19-/m1/s1. The SMILES string of the molecule is CC[C@@H](O)c1cc2n(n1)CCCN(C(=O)c1csc(Cc3ccccc3)n1)C2. The fraction of sp³-hybridized carbons (Fsp3) is 0.381. The minimum absolute atomic E-state index is 0.0391. The molecule has 146 valence electrons. The number of hydrogen-bond donors (Lipinski definition) is 1. The van der Waals surface area contributed by atoms with Crippen molar-refractivity contribution in [1.82, 2.24) is 19.7 Å². The number of fused-ring (bicyclic) bond motifs is 1. The van der Waals surface area contributed by atoms with Crippen LogP contribution in [0, 0.1) is 0 Å². The molecule has 1 amide bonds. The summed E-state index contributed by atoms with van der Waals surface area (Å²) >= 11 is 1.53. The van der Waals surface area contributed by atoms with Gasteiger partial charge in [-0.2, -0.15) is 5.10 Å². The molecule has 0 spiro atoms. The Morgan fingerprint density at radius 3 is 2.89 bits per heavy atom. The van der Waals surface area contributed by atoms with Gasteiger partial charge in [-0.05, 0) is 24.5 Å². The van der Waals surface area contributed by atoms with Gasteiger partial charge in [0.25, 0.3) is 5.91 Å². The zero-order valence-corrected chi connectivity index (χ0v) is 16.7. The molecule has 6 nitrogen and oxygen atoms in total.